The number of esters is 1. The van der Waals surface area contributed by atoms with Gasteiger partial charge < -0.3 is 14.6 Å². The number of para-hydroxylation sites is 1. The van der Waals surface area contributed by atoms with E-state index in [0.717, 1.165) is 0 Å². The van der Waals surface area contributed by atoms with E-state index in [1.807, 2.05) is 12.1 Å². The molecule has 0 aromatic heterocycles. The lowest BCUT2D eigenvalue weighted by Gasteiger charge is -2.06. The fraction of sp³-hybridized carbons (Fsp3) is 0.0588. The van der Waals surface area contributed by atoms with Crippen molar-refractivity contribution in [2.75, 3.05) is 7.11 Å². The van der Waals surface area contributed by atoms with Gasteiger partial charge in [0.25, 0.3) is 0 Å². The molecule has 118 valence electrons. The number of carbonyl (C=O) groups excluding carboxylic acids is 1. The normalized spacial score (nSPS) is 10.5. The highest BCUT2D eigenvalue weighted by Crippen LogP contribution is 2.24. The Hall–Kier alpha value is -2.60. The highest BCUT2D eigenvalue weighted by Gasteiger charge is 2.14. The van der Waals surface area contributed by atoms with Gasteiger partial charge in [0.2, 0.25) is 0 Å². The van der Waals surface area contributed by atoms with Crippen molar-refractivity contribution in [1.82, 2.24) is 0 Å². The molecule has 2 rings (SSSR count). The van der Waals surface area contributed by atoms with Crippen LogP contribution in [0.2, 0.25) is 0 Å². The summed E-state index contributed by atoms with van der Waals surface area (Å²) in [5.74, 6) is -1.26. The number of hydrogen-bond acceptors (Lipinski definition) is 4. The molecule has 2 aromatic rings. The second-order valence-electron chi connectivity index (χ2n) is 4.44. The fourth-order valence-corrected chi connectivity index (χ4v) is 2.22. The number of halogens is 1. The molecular formula is C17H13BrO5. The molecule has 1 N–H and O–H groups in total. The summed E-state index contributed by atoms with van der Waals surface area (Å²) >= 11 is 3.18. The van der Waals surface area contributed by atoms with Gasteiger partial charge in [0, 0.05) is 16.1 Å². The maximum Gasteiger partial charge on any atom is 0.339 e. The van der Waals surface area contributed by atoms with Gasteiger partial charge in [-0.3, -0.25) is 0 Å². The molecule has 5 nitrogen and oxygen atoms in total. The van der Waals surface area contributed by atoms with Gasteiger partial charge in [-0.05, 0) is 30.3 Å². The first-order valence-corrected chi connectivity index (χ1v) is 7.36. The minimum Gasteiger partial charge on any atom is -0.496 e. The topological polar surface area (TPSA) is 72.8 Å². The Morgan fingerprint density at radius 2 is 1.87 bits per heavy atom. The summed E-state index contributed by atoms with van der Waals surface area (Å²) in [7, 11) is 1.53. The number of aromatic carboxylic acids is 1. The van der Waals surface area contributed by atoms with Crippen LogP contribution in [0.3, 0.4) is 0 Å². The van der Waals surface area contributed by atoms with Gasteiger partial charge in [0.15, 0.2) is 0 Å². The summed E-state index contributed by atoms with van der Waals surface area (Å²) < 4.78 is 10.8. The molecule has 0 saturated carbocycles. The van der Waals surface area contributed by atoms with Gasteiger partial charge in [-0.2, -0.15) is 0 Å². The Kier molecular flexibility index (Phi) is 5.54. The largest absolute Gasteiger partial charge is 0.496 e. The average molecular weight is 377 g/mol. The van der Waals surface area contributed by atoms with Gasteiger partial charge in [-0.1, -0.05) is 34.1 Å². The lowest BCUT2D eigenvalue weighted by molar-refractivity contribution is -0.128. The summed E-state index contributed by atoms with van der Waals surface area (Å²) in [6, 6.07) is 11.6. The van der Waals surface area contributed by atoms with E-state index in [9.17, 15) is 9.59 Å². The second kappa shape index (κ2) is 7.60. The molecule has 0 spiro atoms. The summed E-state index contributed by atoms with van der Waals surface area (Å²) in [4.78, 5) is 23.1. The number of carboxylic acids is 1. The van der Waals surface area contributed by atoms with Crippen LogP contribution in [0.15, 0.2) is 53.0 Å². The molecule has 0 unspecified atom stereocenters. The first-order chi connectivity index (χ1) is 11.0. The number of ether oxygens (including phenoxy) is 2. The molecule has 0 atom stereocenters. The molecular weight excluding hydrogens is 364 g/mol. The zero-order chi connectivity index (χ0) is 16.8. The predicted octanol–water partition coefficient (Wildman–Crippen LogP) is 3.77. The van der Waals surface area contributed by atoms with Gasteiger partial charge in [0.05, 0.1) is 7.11 Å². The van der Waals surface area contributed by atoms with Gasteiger partial charge >= 0.3 is 11.9 Å². The summed E-state index contributed by atoms with van der Waals surface area (Å²) in [6.45, 7) is 0. The number of benzene rings is 2. The number of carbonyl (C=O) groups is 2. The van der Waals surface area contributed by atoms with Crippen LogP contribution in [0, 0.1) is 0 Å². The molecule has 0 aliphatic carbocycles. The van der Waals surface area contributed by atoms with Crippen LogP contribution >= 0.6 is 15.9 Å². The molecule has 2 aromatic carbocycles. The Morgan fingerprint density at radius 1 is 1.13 bits per heavy atom. The van der Waals surface area contributed by atoms with Crippen molar-refractivity contribution in [3.63, 3.8) is 0 Å². The van der Waals surface area contributed by atoms with Crippen LogP contribution in [0.5, 0.6) is 11.5 Å². The molecule has 0 saturated heterocycles. The summed E-state index contributed by atoms with van der Waals surface area (Å²) in [5.41, 5.74) is 0.611. The van der Waals surface area contributed by atoms with Gasteiger partial charge in [-0.25, -0.2) is 9.59 Å². The van der Waals surface area contributed by atoms with Crippen LogP contribution in [0.1, 0.15) is 15.9 Å². The minimum absolute atomic E-state index is 0.0182. The quantitative estimate of drug-likeness (QED) is 0.488. The lowest BCUT2D eigenvalue weighted by atomic mass is 10.2. The van der Waals surface area contributed by atoms with Crippen molar-refractivity contribution < 1.29 is 24.2 Å². The smallest absolute Gasteiger partial charge is 0.339 e. The van der Waals surface area contributed by atoms with Crippen molar-refractivity contribution in [3.8, 4) is 11.5 Å². The van der Waals surface area contributed by atoms with Crippen molar-refractivity contribution >= 4 is 33.9 Å². The summed E-state index contributed by atoms with van der Waals surface area (Å²) in [5, 5.41) is 9.13. The monoisotopic (exact) mass is 376 g/mol. The lowest BCUT2D eigenvalue weighted by Crippen LogP contribution is -2.08. The molecule has 0 radical (unpaired) electrons. The Bertz CT molecular complexity index is 767. The SMILES string of the molecule is COc1ccccc1/C=C/C(=O)Oc1ccc(Br)cc1C(=O)O. The predicted molar refractivity (Wildman–Crippen MR) is 88.8 cm³/mol. The fourth-order valence-electron chi connectivity index (χ4n) is 1.86. The van der Waals surface area contributed by atoms with E-state index in [0.29, 0.717) is 15.8 Å². The zero-order valence-electron chi connectivity index (χ0n) is 12.2. The maximum absolute atomic E-state index is 11.9. The van der Waals surface area contributed by atoms with Crippen molar-refractivity contribution in [2.45, 2.75) is 0 Å². The van der Waals surface area contributed by atoms with Crippen molar-refractivity contribution in [1.29, 1.82) is 0 Å². The van der Waals surface area contributed by atoms with Crippen molar-refractivity contribution in [2.24, 2.45) is 0 Å². The van der Waals surface area contributed by atoms with Crippen LogP contribution in [-0.4, -0.2) is 24.2 Å². The third kappa shape index (κ3) is 4.43. The van der Waals surface area contributed by atoms with Crippen LogP contribution < -0.4 is 9.47 Å². The highest BCUT2D eigenvalue weighted by molar-refractivity contribution is 9.10. The first kappa shape index (κ1) is 16.8. The average Bonchev–Trinajstić information content (AvgIpc) is 2.54. The zero-order valence-corrected chi connectivity index (χ0v) is 13.7. The van der Waals surface area contributed by atoms with Crippen LogP contribution in [-0.2, 0) is 4.79 Å². The highest BCUT2D eigenvalue weighted by atomic mass is 79.9. The molecule has 0 fully saturated rings. The molecule has 0 bridgehead atoms. The van der Waals surface area contributed by atoms with Gasteiger partial charge in [-0.15, -0.1) is 0 Å². The van der Waals surface area contributed by atoms with Gasteiger partial charge in [0.1, 0.15) is 17.1 Å². The minimum atomic E-state index is -1.18. The standard InChI is InChI=1S/C17H13BrO5/c1-22-14-5-3-2-4-11(14)6-9-16(19)23-15-8-7-12(18)10-13(15)17(20)21/h2-10H,1H3,(H,20,21)/b9-6+. The Balaban J connectivity index is 2.17. The van der Waals surface area contributed by atoms with E-state index in [1.54, 1.807) is 24.3 Å². The third-order valence-corrected chi connectivity index (χ3v) is 3.41. The van der Waals surface area contributed by atoms with E-state index >= 15 is 0 Å². The molecule has 0 amide bonds. The third-order valence-electron chi connectivity index (χ3n) is 2.92. The molecule has 0 aliphatic heterocycles. The first-order valence-electron chi connectivity index (χ1n) is 6.57. The number of rotatable bonds is 5. The number of methoxy groups -OCH3 is 1. The summed E-state index contributed by atoms with van der Waals surface area (Å²) in [6.07, 6.45) is 2.76. The van der Waals surface area contributed by atoms with E-state index in [-0.39, 0.29) is 11.3 Å². The molecule has 0 heterocycles. The van der Waals surface area contributed by atoms with Crippen LogP contribution in [0.4, 0.5) is 0 Å². The van der Waals surface area contributed by atoms with E-state index < -0.39 is 11.9 Å². The Morgan fingerprint density at radius 3 is 2.57 bits per heavy atom. The molecule has 23 heavy (non-hydrogen) atoms. The molecule has 0 aliphatic rings. The maximum atomic E-state index is 11.9. The molecule has 6 heteroatoms. The Labute approximate surface area is 141 Å². The van der Waals surface area contributed by atoms with E-state index in [2.05, 4.69) is 15.9 Å². The van der Waals surface area contributed by atoms with Crippen molar-refractivity contribution in [3.05, 3.63) is 64.1 Å². The number of carboxylic acid groups (broad SMARTS) is 1. The number of hydrogen-bond donors (Lipinski definition) is 1. The van der Waals surface area contributed by atoms with Crippen LogP contribution in [0.25, 0.3) is 6.08 Å². The van der Waals surface area contributed by atoms with E-state index in [4.69, 9.17) is 14.6 Å². The second-order valence-corrected chi connectivity index (χ2v) is 5.36. The van der Waals surface area contributed by atoms with E-state index in [1.165, 1.54) is 25.3 Å².